The fourth-order valence-corrected chi connectivity index (χ4v) is 2.53. The van der Waals surface area contributed by atoms with Crippen molar-refractivity contribution in [3.05, 3.63) is 54.1 Å². The highest BCUT2D eigenvalue weighted by Gasteiger charge is 2.20. The molecule has 0 radical (unpaired) electrons. The first kappa shape index (κ1) is 16.6. The molecule has 10 nitrogen and oxygen atoms in total. The van der Waals surface area contributed by atoms with Crippen LogP contribution in [0, 0.1) is 0 Å². The Morgan fingerprint density at radius 1 is 1.22 bits per heavy atom. The van der Waals surface area contributed by atoms with Gasteiger partial charge in [-0.2, -0.15) is 14.8 Å². The van der Waals surface area contributed by atoms with Crippen LogP contribution in [-0.4, -0.2) is 47.8 Å². The summed E-state index contributed by atoms with van der Waals surface area (Å²) >= 11 is 0. The molecule has 0 bridgehead atoms. The Kier molecular flexibility index (Phi) is 4.21. The highest BCUT2D eigenvalue weighted by atomic mass is 16.5. The van der Waals surface area contributed by atoms with Gasteiger partial charge in [0, 0.05) is 7.05 Å². The van der Waals surface area contributed by atoms with Crippen LogP contribution in [0.2, 0.25) is 0 Å². The monoisotopic (exact) mass is 365 g/mol. The maximum absolute atomic E-state index is 12.2. The minimum absolute atomic E-state index is 0.0892. The van der Waals surface area contributed by atoms with Gasteiger partial charge in [0.05, 0.1) is 12.8 Å². The van der Waals surface area contributed by atoms with Gasteiger partial charge in [0.2, 0.25) is 5.88 Å². The summed E-state index contributed by atoms with van der Waals surface area (Å²) in [5.74, 6) is 0.117. The zero-order chi connectivity index (χ0) is 18.8. The topological polar surface area (TPSA) is 110 Å². The number of fused-ring (bicyclic) bond motifs is 1. The maximum Gasteiger partial charge on any atom is 0.343 e. The third-order valence-electron chi connectivity index (χ3n) is 3.94. The number of aryl methyl sites for hydroxylation is 1. The van der Waals surface area contributed by atoms with E-state index in [-0.39, 0.29) is 18.1 Å². The molecule has 10 heteroatoms. The van der Waals surface area contributed by atoms with Crippen molar-refractivity contribution >= 4 is 17.1 Å². The van der Waals surface area contributed by atoms with Crippen molar-refractivity contribution in [2.24, 2.45) is 7.05 Å². The third-order valence-corrected chi connectivity index (χ3v) is 3.94. The molecular formula is C17H15N7O3. The molecule has 0 aliphatic rings. The molecule has 0 N–H and O–H groups in total. The Balaban J connectivity index is 1.79. The molecule has 27 heavy (non-hydrogen) atoms. The Labute approximate surface area is 153 Å². The van der Waals surface area contributed by atoms with Gasteiger partial charge in [0.25, 0.3) is 0 Å². The number of ether oxygens (including phenoxy) is 2. The van der Waals surface area contributed by atoms with Gasteiger partial charge < -0.3 is 9.47 Å². The summed E-state index contributed by atoms with van der Waals surface area (Å²) in [6.45, 7) is 0.0892. The van der Waals surface area contributed by atoms with E-state index in [0.29, 0.717) is 17.0 Å². The molecule has 0 atom stereocenters. The number of methoxy groups -OCH3 is 1. The molecule has 4 aromatic rings. The quantitative estimate of drug-likeness (QED) is 0.487. The highest BCUT2D eigenvalue weighted by Crippen LogP contribution is 2.24. The number of carbonyl (C=O) groups excluding carboxylic acids is 1. The molecule has 0 spiro atoms. The minimum atomic E-state index is -0.577. The molecule has 0 amide bonds. The van der Waals surface area contributed by atoms with Gasteiger partial charge in [0.15, 0.2) is 11.5 Å². The summed E-state index contributed by atoms with van der Waals surface area (Å²) in [6.07, 6.45) is 1.42. The lowest BCUT2D eigenvalue weighted by Crippen LogP contribution is -2.10. The number of para-hydroxylation sites is 1. The van der Waals surface area contributed by atoms with Crippen molar-refractivity contribution in [3.63, 3.8) is 0 Å². The summed E-state index contributed by atoms with van der Waals surface area (Å²) in [5, 5.41) is 12.2. The Morgan fingerprint density at radius 3 is 2.74 bits per heavy atom. The molecule has 0 aliphatic heterocycles. The molecule has 0 unspecified atom stereocenters. The van der Waals surface area contributed by atoms with Gasteiger partial charge in [-0.05, 0) is 18.2 Å². The van der Waals surface area contributed by atoms with Crippen molar-refractivity contribution in [1.29, 1.82) is 0 Å². The number of benzene rings is 1. The standard InChI is InChI=1S/C17H15N7O3/c1-23-14(18-10-19-23)9-27-16-12(17(25)26-2)8-13-15(20-16)24(22-21-13)11-6-4-3-5-7-11/h3-8,10H,9H2,1-2H3. The van der Waals surface area contributed by atoms with E-state index in [1.807, 2.05) is 30.3 Å². The molecule has 0 saturated heterocycles. The van der Waals surface area contributed by atoms with Crippen LogP contribution in [-0.2, 0) is 18.4 Å². The summed E-state index contributed by atoms with van der Waals surface area (Å²) in [5.41, 5.74) is 1.86. The predicted molar refractivity (Wildman–Crippen MR) is 93.3 cm³/mol. The first-order valence-corrected chi connectivity index (χ1v) is 8.03. The average Bonchev–Trinajstić information content (AvgIpc) is 3.31. The van der Waals surface area contributed by atoms with Gasteiger partial charge in [0.1, 0.15) is 24.0 Å². The average molecular weight is 365 g/mol. The van der Waals surface area contributed by atoms with Crippen molar-refractivity contribution in [1.82, 2.24) is 34.7 Å². The van der Waals surface area contributed by atoms with Crippen LogP contribution in [0.1, 0.15) is 16.2 Å². The lowest BCUT2D eigenvalue weighted by molar-refractivity contribution is 0.0594. The second-order valence-electron chi connectivity index (χ2n) is 5.60. The van der Waals surface area contributed by atoms with Gasteiger partial charge in [-0.15, -0.1) is 5.10 Å². The number of carbonyl (C=O) groups is 1. The summed E-state index contributed by atoms with van der Waals surface area (Å²) < 4.78 is 13.7. The second kappa shape index (κ2) is 6.83. The van der Waals surface area contributed by atoms with E-state index in [2.05, 4.69) is 25.4 Å². The first-order chi connectivity index (χ1) is 13.2. The van der Waals surface area contributed by atoms with Gasteiger partial charge in [-0.25, -0.2) is 9.78 Å². The maximum atomic E-state index is 12.2. The smallest absolute Gasteiger partial charge is 0.343 e. The lowest BCUT2D eigenvalue weighted by atomic mass is 10.2. The molecule has 0 saturated carbocycles. The summed E-state index contributed by atoms with van der Waals surface area (Å²) in [4.78, 5) is 20.7. The number of esters is 1. The van der Waals surface area contributed by atoms with E-state index in [1.54, 1.807) is 22.5 Å². The van der Waals surface area contributed by atoms with Crippen LogP contribution in [0.15, 0.2) is 42.7 Å². The Bertz CT molecular complexity index is 1100. The normalized spacial score (nSPS) is 10.9. The number of nitrogens with zero attached hydrogens (tertiary/aromatic N) is 7. The zero-order valence-corrected chi connectivity index (χ0v) is 14.6. The van der Waals surface area contributed by atoms with Crippen molar-refractivity contribution < 1.29 is 14.3 Å². The molecule has 1 aromatic carbocycles. The number of aromatic nitrogens is 7. The van der Waals surface area contributed by atoms with Crippen LogP contribution < -0.4 is 4.74 Å². The van der Waals surface area contributed by atoms with Crippen LogP contribution in [0.5, 0.6) is 5.88 Å². The molecule has 0 aliphatic carbocycles. The fourth-order valence-electron chi connectivity index (χ4n) is 2.53. The Morgan fingerprint density at radius 2 is 2.04 bits per heavy atom. The molecule has 136 valence electrons. The predicted octanol–water partition coefficient (Wildman–Crippen LogP) is 1.31. The lowest BCUT2D eigenvalue weighted by Gasteiger charge is -2.09. The van der Waals surface area contributed by atoms with E-state index in [9.17, 15) is 4.79 Å². The first-order valence-electron chi connectivity index (χ1n) is 8.03. The number of pyridine rings is 1. The molecular weight excluding hydrogens is 350 g/mol. The molecule has 3 heterocycles. The second-order valence-corrected chi connectivity index (χ2v) is 5.60. The number of rotatable bonds is 5. The van der Waals surface area contributed by atoms with Gasteiger partial charge >= 0.3 is 5.97 Å². The largest absolute Gasteiger partial charge is 0.469 e. The van der Waals surface area contributed by atoms with E-state index >= 15 is 0 Å². The van der Waals surface area contributed by atoms with E-state index in [0.717, 1.165) is 5.69 Å². The fraction of sp³-hybridized carbons (Fsp3) is 0.176. The number of hydrogen-bond donors (Lipinski definition) is 0. The van der Waals surface area contributed by atoms with Crippen LogP contribution in [0.25, 0.3) is 16.9 Å². The van der Waals surface area contributed by atoms with Crippen molar-refractivity contribution in [2.45, 2.75) is 6.61 Å². The van der Waals surface area contributed by atoms with Crippen LogP contribution in [0.3, 0.4) is 0 Å². The summed E-state index contributed by atoms with van der Waals surface area (Å²) in [7, 11) is 3.04. The molecule has 0 fully saturated rings. The van der Waals surface area contributed by atoms with Crippen LogP contribution in [0.4, 0.5) is 0 Å². The molecule has 4 rings (SSSR count). The van der Waals surface area contributed by atoms with Gasteiger partial charge in [-0.1, -0.05) is 23.4 Å². The molecule has 3 aromatic heterocycles. The third kappa shape index (κ3) is 3.08. The van der Waals surface area contributed by atoms with E-state index < -0.39 is 5.97 Å². The number of hydrogen-bond acceptors (Lipinski definition) is 8. The SMILES string of the molecule is COC(=O)c1cc2nnn(-c3ccccc3)c2nc1OCc1ncnn1C. The Hall–Kier alpha value is -3.82. The van der Waals surface area contributed by atoms with Gasteiger partial charge in [-0.3, -0.25) is 4.68 Å². The summed E-state index contributed by atoms with van der Waals surface area (Å²) in [6, 6.07) is 11.0. The van der Waals surface area contributed by atoms with Crippen molar-refractivity contribution in [2.75, 3.05) is 7.11 Å². The highest BCUT2D eigenvalue weighted by molar-refractivity contribution is 5.95. The van der Waals surface area contributed by atoms with E-state index in [1.165, 1.54) is 13.4 Å². The minimum Gasteiger partial charge on any atom is -0.469 e. The zero-order valence-electron chi connectivity index (χ0n) is 14.6. The van der Waals surface area contributed by atoms with Crippen LogP contribution >= 0.6 is 0 Å². The van der Waals surface area contributed by atoms with E-state index in [4.69, 9.17) is 9.47 Å². The van der Waals surface area contributed by atoms with Crippen molar-refractivity contribution in [3.8, 4) is 11.6 Å².